The van der Waals surface area contributed by atoms with Gasteiger partial charge in [-0.25, -0.2) is 0 Å². The van der Waals surface area contributed by atoms with Gasteiger partial charge in [0, 0.05) is 0 Å². The molecule has 14 aromatic carbocycles. The maximum atomic E-state index is 2.43. The summed E-state index contributed by atoms with van der Waals surface area (Å²) in [4.78, 5) is 0. The molecule has 70 heavy (non-hydrogen) atoms. The number of rotatable bonds is 6. The molecule has 0 aliphatic carbocycles. The minimum atomic E-state index is 1.18. The van der Waals surface area contributed by atoms with Crippen LogP contribution in [0.15, 0.2) is 267 Å². The van der Waals surface area contributed by atoms with Crippen molar-refractivity contribution in [2.75, 3.05) is 0 Å². The molecule has 0 bridgehead atoms. The standard InChI is InChI=1S/C70H44/c1-3-17-45(18-4-1)63-41-55(49-25-15-27-51(37-49)65-39-53-23-9-11-29-57(53)61-35-33-47-21-7-13-31-59(47)69(61)65)44-68-64(46-19-5-2-6-20-46)42-56(43-67(63)68)50-26-16-28-52(38-50)66-40-54-24-10-12-30-58(54)62-36-34-48-22-8-14-32-60(48)70(62)66/h1-44H. The Morgan fingerprint density at radius 1 is 0.143 bits per heavy atom. The van der Waals surface area contributed by atoms with Crippen LogP contribution in [0.3, 0.4) is 0 Å². The summed E-state index contributed by atoms with van der Waals surface area (Å²) in [7, 11) is 0. The molecule has 0 heteroatoms. The smallest absolute Gasteiger partial charge is 0.00204 e. The molecule has 14 rings (SSSR count). The Morgan fingerprint density at radius 3 is 0.943 bits per heavy atom. The summed E-state index contributed by atoms with van der Waals surface area (Å²) < 4.78 is 0. The lowest BCUT2D eigenvalue weighted by Crippen LogP contribution is -1.92. The minimum absolute atomic E-state index is 1.18. The summed E-state index contributed by atoms with van der Waals surface area (Å²) in [6.45, 7) is 0. The quantitative estimate of drug-likeness (QED) is 0.146. The molecular formula is C70H44. The first-order valence-electron chi connectivity index (χ1n) is 24.3. The van der Waals surface area contributed by atoms with E-state index in [2.05, 4.69) is 267 Å². The van der Waals surface area contributed by atoms with Crippen molar-refractivity contribution in [2.24, 2.45) is 0 Å². The highest BCUT2D eigenvalue weighted by atomic mass is 14.2. The van der Waals surface area contributed by atoms with Crippen LogP contribution >= 0.6 is 0 Å². The Kier molecular flexibility index (Phi) is 9.32. The van der Waals surface area contributed by atoms with Crippen molar-refractivity contribution in [3.8, 4) is 66.8 Å². The zero-order valence-corrected chi connectivity index (χ0v) is 38.4. The van der Waals surface area contributed by atoms with Crippen LogP contribution in [0.1, 0.15) is 0 Å². The number of hydrogen-bond donors (Lipinski definition) is 0. The molecule has 0 aromatic heterocycles. The van der Waals surface area contributed by atoms with Crippen molar-refractivity contribution in [3.63, 3.8) is 0 Å². The predicted molar refractivity (Wildman–Crippen MR) is 302 cm³/mol. The SMILES string of the molecule is c1ccc(-c2cc(-c3cccc(-c4cc5ccccc5c5ccc6ccccc6c45)c3)cc3c(-c4ccccc4)cc(-c4cccc(-c5cc6ccccc6c6ccc7ccccc7c56)c4)cc23)cc1. The lowest BCUT2D eigenvalue weighted by atomic mass is 9.85. The molecule has 0 unspecified atom stereocenters. The molecule has 0 saturated heterocycles. The fourth-order valence-electron chi connectivity index (χ4n) is 11.5. The zero-order valence-electron chi connectivity index (χ0n) is 38.4. The topological polar surface area (TPSA) is 0 Å². The van der Waals surface area contributed by atoms with Crippen molar-refractivity contribution in [3.05, 3.63) is 267 Å². The van der Waals surface area contributed by atoms with Gasteiger partial charge in [-0.3, -0.25) is 0 Å². The van der Waals surface area contributed by atoms with Gasteiger partial charge >= 0.3 is 0 Å². The third-order valence-electron chi connectivity index (χ3n) is 14.8. The second-order valence-electron chi connectivity index (χ2n) is 18.7. The highest BCUT2D eigenvalue weighted by Crippen LogP contribution is 2.46. The Morgan fingerprint density at radius 2 is 0.500 bits per heavy atom. The van der Waals surface area contributed by atoms with E-state index in [0.29, 0.717) is 0 Å². The van der Waals surface area contributed by atoms with Crippen LogP contribution in [-0.2, 0) is 0 Å². The average Bonchev–Trinajstić information content (AvgIpc) is 3.44. The van der Waals surface area contributed by atoms with Gasteiger partial charge in [-0.1, -0.05) is 218 Å². The van der Waals surface area contributed by atoms with E-state index in [0.717, 1.165) is 0 Å². The zero-order chi connectivity index (χ0) is 46.1. The van der Waals surface area contributed by atoms with Crippen LogP contribution in [0, 0.1) is 0 Å². The number of hydrogen-bond acceptors (Lipinski definition) is 0. The first-order valence-corrected chi connectivity index (χ1v) is 24.3. The molecule has 0 aliphatic heterocycles. The van der Waals surface area contributed by atoms with Crippen LogP contribution < -0.4 is 0 Å². The Bertz CT molecular complexity index is 4100. The van der Waals surface area contributed by atoms with Crippen LogP contribution in [0.4, 0.5) is 0 Å². The lowest BCUT2D eigenvalue weighted by Gasteiger charge is -2.18. The van der Waals surface area contributed by atoms with Crippen molar-refractivity contribution in [2.45, 2.75) is 0 Å². The van der Waals surface area contributed by atoms with E-state index in [1.807, 2.05) is 0 Å². The summed E-state index contributed by atoms with van der Waals surface area (Å²) in [5.74, 6) is 0. The van der Waals surface area contributed by atoms with Gasteiger partial charge in [-0.05, 0) is 191 Å². The van der Waals surface area contributed by atoms with Gasteiger partial charge in [0.05, 0.1) is 0 Å². The van der Waals surface area contributed by atoms with Gasteiger partial charge in [0.25, 0.3) is 0 Å². The maximum Gasteiger partial charge on any atom is -0.00204 e. The normalized spacial score (nSPS) is 11.7. The second kappa shape index (κ2) is 16.3. The molecule has 14 aromatic rings. The van der Waals surface area contributed by atoms with E-state index < -0.39 is 0 Å². The summed E-state index contributed by atoms with van der Waals surface area (Å²) >= 11 is 0. The van der Waals surface area contributed by atoms with Crippen LogP contribution in [0.25, 0.3) is 142 Å². The number of fused-ring (bicyclic) bond motifs is 11. The van der Waals surface area contributed by atoms with Gasteiger partial charge in [0.15, 0.2) is 0 Å². The molecule has 0 fully saturated rings. The monoisotopic (exact) mass is 884 g/mol. The fourth-order valence-corrected chi connectivity index (χ4v) is 11.5. The predicted octanol–water partition coefficient (Wildman–Crippen LogP) is 19.8. The average molecular weight is 885 g/mol. The van der Waals surface area contributed by atoms with Crippen molar-refractivity contribution in [1.82, 2.24) is 0 Å². The Hall–Kier alpha value is -9.10. The first kappa shape index (κ1) is 40.0. The third kappa shape index (κ3) is 6.61. The van der Waals surface area contributed by atoms with Crippen molar-refractivity contribution >= 4 is 75.4 Å². The molecule has 0 radical (unpaired) electrons. The van der Waals surface area contributed by atoms with E-state index in [9.17, 15) is 0 Å². The fraction of sp³-hybridized carbons (Fsp3) is 0. The van der Waals surface area contributed by atoms with Gasteiger partial charge in [-0.15, -0.1) is 0 Å². The summed E-state index contributed by atoms with van der Waals surface area (Å²) in [5.41, 5.74) is 14.5. The van der Waals surface area contributed by atoms with Gasteiger partial charge < -0.3 is 0 Å². The molecule has 0 aliphatic rings. The summed E-state index contributed by atoms with van der Waals surface area (Å²) in [5, 5.41) is 17.7. The largest absolute Gasteiger partial charge is 0.0622 e. The molecule has 0 amide bonds. The highest BCUT2D eigenvalue weighted by Gasteiger charge is 2.19. The van der Waals surface area contributed by atoms with Crippen LogP contribution in [-0.4, -0.2) is 0 Å². The lowest BCUT2D eigenvalue weighted by molar-refractivity contribution is 1.59. The van der Waals surface area contributed by atoms with E-state index in [1.54, 1.807) is 0 Å². The highest BCUT2D eigenvalue weighted by molar-refractivity contribution is 6.24. The van der Waals surface area contributed by atoms with E-state index in [1.165, 1.54) is 142 Å². The Labute approximate surface area is 407 Å². The van der Waals surface area contributed by atoms with Crippen LogP contribution in [0.5, 0.6) is 0 Å². The minimum Gasteiger partial charge on any atom is -0.0622 e. The molecule has 0 saturated carbocycles. The summed E-state index contributed by atoms with van der Waals surface area (Å²) in [6, 6.07) is 99.2. The van der Waals surface area contributed by atoms with Crippen molar-refractivity contribution < 1.29 is 0 Å². The molecular weight excluding hydrogens is 841 g/mol. The van der Waals surface area contributed by atoms with Gasteiger partial charge in [0.2, 0.25) is 0 Å². The maximum absolute atomic E-state index is 2.43. The molecule has 324 valence electrons. The third-order valence-corrected chi connectivity index (χ3v) is 14.8. The molecule has 0 nitrogen and oxygen atoms in total. The molecule has 0 spiro atoms. The Balaban J connectivity index is 0.988. The van der Waals surface area contributed by atoms with E-state index >= 15 is 0 Å². The number of benzene rings is 14. The second-order valence-corrected chi connectivity index (χ2v) is 18.7. The van der Waals surface area contributed by atoms with Gasteiger partial charge in [0.1, 0.15) is 0 Å². The molecule has 0 heterocycles. The first-order chi connectivity index (χ1) is 34.7. The van der Waals surface area contributed by atoms with Crippen LogP contribution in [0.2, 0.25) is 0 Å². The van der Waals surface area contributed by atoms with E-state index in [-0.39, 0.29) is 0 Å². The molecule has 0 atom stereocenters. The van der Waals surface area contributed by atoms with E-state index in [4.69, 9.17) is 0 Å². The summed E-state index contributed by atoms with van der Waals surface area (Å²) in [6.07, 6.45) is 0. The van der Waals surface area contributed by atoms with Crippen molar-refractivity contribution in [1.29, 1.82) is 0 Å². The van der Waals surface area contributed by atoms with Gasteiger partial charge in [-0.2, -0.15) is 0 Å². The molecule has 0 N–H and O–H groups in total.